The number of hydrogen-bond donors (Lipinski definition) is 0. The minimum absolute atomic E-state index is 0.0721. The number of likely N-dealkylation sites (tertiary alicyclic amines) is 1. The van der Waals surface area contributed by atoms with Crippen LogP contribution in [-0.4, -0.2) is 50.2 Å². The van der Waals surface area contributed by atoms with Gasteiger partial charge in [0.15, 0.2) is 0 Å². The summed E-state index contributed by atoms with van der Waals surface area (Å²) in [5.41, 5.74) is 2.88. The third-order valence-corrected chi connectivity index (χ3v) is 7.28. The maximum atomic E-state index is 13.0. The van der Waals surface area contributed by atoms with Gasteiger partial charge in [-0.25, -0.2) is 8.42 Å². The van der Waals surface area contributed by atoms with Crippen molar-refractivity contribution in [3.05, 3.63) is 54.1 Å². The second-order valence-corrected chi connectivity index (χ2v) is 8.82. The molecule has 2 aromatic rings. The molecule has 1 fully saturated rings. The Bertz CT molecular complexity index is 922. The van der Waals surface area contributed by atoms with Crippen molar-refractivity contribution in [3.8, 4) is 11.1 Å². The molecule has 0 aliphatic carbocycles. The van der Waals surface area contributed by atoms with Gasteiger partial charge in [0, 0.05) is 39.0 Å². The van der Waals surface area contributed by atoms with E-state index in [9.17, 15) is 13.2 Å². The summed E-state index contributed by atoms with van der Waals surface area (Å²) in [6.07, 6.45) is 0.457. The molecule has 27 heavy (non-hydrogen) atoms. The van der Waals surface area contributed by atoms with Gasteiger partial charge in [0.05, 0.1) is 4.90 Å². The van der Waals surface area contributed by atoms with Gasteiger partial charge in [0.1, 0.15) is 0 Å². The summed E-state index contributed by atoms with van der Waals surface area (Å²) in [6, 6.07) is 15.1. The summed E-state index contributed by atoms with van der Waals surface area (Å²) < 4.78 is 27.4. The highest BCUT2D eigenvalue weighted by Crippen LogP contribution is 2.36. The fourth-order valence-electron chi connectivity index (χ4n) is 3.70. The number of carbonyl (C=O) groups excluding carboxylic acids is 1. The number of nitrogens with zero attached hydrogens (tertiary/aromatic N) is 2. The maximum Gasteiger partial charge on any atom is 0.243 e. The molecule has 1 aliphatic rings. The van der Waals surface area contributed by atoms with E-state index in [1.807, 2.05) is 57.3 Å². The molecule has 1 aliphatic heterocycles. The molecule has 5 nitrogen and oxygen atoms in total. The Morgan fingerprint density at radius 3 is 2.30 bits per heavy atom. The van der Waals surface area contributed by atoms with E-state index in [0.717, 1.165) is 16.7 Å². The van der Waals surface area contributed by atoms with Gasteiger partial charge in [-0.1, -0.05) is 50.2 Å². The van der Waals surface area contributed by atoms with Gasteiger partial charge in [-0.2, -0.15) is 4.31 Å². The number of benzene rings is 2. The first-order chi connectivity index (χ1) is 12.9. The van der Waals surface area contributed by atoms with Crippen molar-refractivity contribution in [3.63, 3.8) is 0 Å². The predicted octanol–water partition coefficient (Wildman–Crippen LogP) is 3.33. The van der Waals surface area contributed by atoms with Gasteiger partial charge in [-0.15, -0.1) is 0 Å². The zero-order valence-corrected chi connectivity index (χ0v) is 16.9. The number of likely N-dealkylation sites (N-methyl/N-ethyl adjacent to an activating group) is 1. The fourth-order valence-corrected chi connectivity index (χ4v) is 5.19. The Morgan fingerprint density at radius 2 is 1.74 bits per heavy atom. The predicted molar refractivity (Wildman–Crippen MR) is 107 cm³/mol. The van der Waals surface area contributed by atoms with Crippen molar-refractivity contribution in [1.29, 1.82) is 0 Å². The van der Waals surface area contributed by atoms with E-state index in [1.165, 1.54) is 4.31 Å². The summed E-state index contributed by atoms with van der Waals surface area (Å²) in [7, 11) is -1.73. The Labute approximate surface area is 161 Å². The Hall–Kier alpha value is -2.18. The molecule has 1 atom stereocenters. The first kappa shape index (κ1) is 19.6. The first-order valence-electron chi connectivity index (χ1n) is 9.32. The van der Waals surface area contributed by atoms with Crippen LogP contribution in [0.3, 0.4) is 0 Å². The number of sulfonamides is 1. The third-order valence-electron chi connectivity index (χ3n) is 5.23. The van der Waals surface area contributed by atoms with Crippen LogP contribution in [0.2, 0.25) is 0 Å². The second-order valence-electron chi connectivity index (χ2n) is 6.88. The molecule has 6 heteroatoms. The molecule has 0 spiro atoms. The molecule has 3 rings (SSSR count). The molecule has 0 saturated carbocycles. The maximum absolute atomic E-state index is 13.0. The third kappa shape index (κ3) is 3.77. The standard InChI is InChI=1S/C21H26N2O3S/c1-4-23(5-2)27(25,26)18-11-12-19(17-13-21(24)22(3)15-17)20(14-18)16-9-7-6-8-10-16/h6-12,14,17H,4-5,13,15H2,1-3H3. The van der Waals surface area contributed by atoms with Crippen LogP contribution in [0.15, 0.2) is 53.4 Å². The Morgan fingerprint density at radius 1 is 1.07 bits per heavy atom. The van der Waals surface area contributed by atoms with E-state index in [4.69, 9.17) is 0 Å². The monoisotopic (exact) mass is 386 g/mol. The van der Waals surface area contributed by atoms with Crippen molar-refractivity contribution in [2.45, 2.75) is 31.1 Å². The molecular formula is C21H26N2O3S. The van der Waals surface area contributed by atoms with E-state index in [-0.39, 0.29) is 11.8 Å². The minimum atomic E-state index is -3.54. The quantitative estimate of drug-likeness (QED) is 0.765. The lowest BCUT2D eigenvalue weighted by Crippen LogP contribution is -2.30. The smallest absolute Gasteiger partial charge is 0.243 e. The molecular weight excluding hydrogens is 360 g/mol. The van der Waals surface area contributed by atoms with Gasteiger partial charge < -0.3 is 4.90 Å². The number of carbonyl (C=O) groups is 1. The van der Waals surface area contributed by atoms with Crippen LogP contribution < -0.4 is 0 Å². The molecule has 1 saturated heterocycles. The fraction of sp³-hybridized carbons (Fsp3) is 0.381. The van der Waals surface area contributed by atoms with E-state index in [2.05, 4.69) is 0 Å². The van der Waals surface area contributed by atoms with Crippen molar-refractivity contribution in [2.75, 3.05) is 26.7 Å². The molecule has 1 unspecified atom stereocenters. The molecule has 1 amide bonds. The SMILES string of the molecule is CCN(CC)S(=O)(=O)c1ccc(C2CC(=O)N(C)C2)c(-c2ccccc2)c1. The number of hydrogen-bond acceptors (Lipinski definition) is 3. The van der Waals surface area contributed by atoms with Gasteiger partial charge in [-0.3, -0.25) is 4.79 Å². The van der Waals surface area contributed by atoms with Crippen molar-refractivity contribution >= 4 is 15.9 Å². The first-order valence-corrected chi connectivity index (χ1v) is 10.8. The molecule has 0 N–H and O–H groups in total. The summed E-state index contributed by atoms with van der Waals surface area (Å²) in [5.74, 6) is 0.196. The lowest BCUT2D eigenvalue weighted by molar-refractivity contribution is -0.126. The zero-order valence-electron chi connectivity index (χ0n) is 16.1. The topological polar surface area (TPSA) is 57.7 Å². The van der Waals surface area contributed by atoms with Gasteiger partial charge in [0.25, 0.3) is 0 Å². The molecule has 0 aromatic heterocycles. The van der Waals surface area contributed by atoms with Crippen LogP contribution >= 0.6 is 0 Å². The van der Waals surface area contributed by atoms with Gasteiger partial charge in [-0.05, 0) is 28.8 Å². The van der Waals surface area contributed by atoms with Crippen LogP contribution in [0.5, 0.6) is 0 Å². The highest BCUT2D eigenvalue weighted by atomic mass is 32.2. The van der Waals surface area contributed by atoms with Crippen LogP contribution in [-0.2, 0) is 14.8 Å². The average Bonchev–Trinajstić information content (AvgIpc) is 3.01. The largest absolute Gasteiger partial charge is 0.345 e. The summed E-state index contributed by atoms with van der Waals surface area (Å²) >= 11 is 0. The zero-order chi connectivity index (χ0) is 19.6. The lowest BCUT2D eigenvalue weighted by Gasteiger charge is -2.21. The average molecular weight is 387 g/mol. The molecule has 144 valence electrons. The van der Waals surface area contributed by atoms with Crippen LogP contribution in [0, 0.1) is 0 Å². The Kier molecular flexibility index (Phi) is 5.67. The highest BCUT2D eigenvalue weighted by Gasteiger charge is 2.31. The van der Waals surface area contributed by atoms with Gasteiger partial charge in [0.2, 0.25) is 15.9 Å². The lowest BCUT2D eigenvalue weighted by atomic mass is 9.90. The number of rotatable bonds is 6. The molecule has 0 radical (unpaired) electrons. The van der Waals surface area contributed by atoms with E-state index in [0.29, 0.717) is 31.0 Å². The van der Waals surface area contributed by atoms with E-state index in [1.54, 1.807) is 17.0 Å². The highest BCUT2D eigenvalue weighted by molar-refractivity contribution is 7.89. The van der Waals surface area contributed by atoms with Crippen LogP contribution in [0.25, 0.3) is 11.1 Å². The molecule has 0 bridgehead atoms. The summed E-state index contributed by atoms with van der Waals surface area (Å²) in [6.45, 7) is 5.20. The normalized spacial score (nSPS) is 17.7. The van der Waals surface area contributed by atoms with Crippen LogP contribution in [0.4, 0.5) is 0 Å². The van der Waals surface area contributed by atoms with Crippen molar-refractivity contribution in [2.24, 2.45) is 0 Å². The van der Waals surface area contributed by atoms with Crippen LogP contribution in [0.1, 0.15) is 31.7 Å². The summed E-state index contributed by atoms with van der Waals surface area (Å²) in [5, 5.41) is 0. The van der Waals surface area contributed by atoms with E-state index >= 15 is 0 Å². The van der Waals surface area contributed by atoms with E-state index < -0.39 is 10.0 Å². The summed E-state index contributed by atoms with van der Waals surface area (Å²) in [4.78, 5) is 14.1. The van der Waals surface area contributed by atoms with Crippen molar-refractivity contribution in [1.82, 2.24) is 9.21 Å². The molecule has 1 heterocycles. The van der Waals surface area contributed by atoms with Gasteiger partial charge >= 0.3 is 0 Å². The molecule has 2 aromatic carbocycles. The second kappa shape index (κ2) is 7.82. The Balaban J connectivity index is 2.12. The minimum Gasteiger partial charge on any atom is -0.345 e. The van der Waals surface area contributed by atoms with Crippen molar-refractivity contribution < 1.29 is 13.2 Å². The number of amides is 1.